The van der Waals surface area contributed by atoms with Gasteiger partial charge in [-0.15, -0.1) is 11.3 Å². The van der Waals surface area contributed by atoms with Gasteiger partial charge in [0.25, 0.3) is 5.56 Å². The molecule has 1 aliphatic rings. The van der Waals surface area contributed by atoms with E-state index in [2.05, 4.69) is 6.92 Å². The van der Waals surface area contributed by atoms with Crippen molar-refractivity contribution in [2.75, 3.05) is 5.75 Å². The molecule has 2 aromatic carbocycles. The molecule has 33 heavy (non-hydrogen) atoms. The zero-order valence-electron chi connectivity index (χ0n) is 18.4. The van der Waals surface area contributed by atoms with Crippen LogP contribution in [-0.2, 0) is 12.8 Å². The molecule has 0 aliphatic heterocycles. The van der Waals surface area contributed by atoms with Gasteiger partial charge >= 0.3 is 0 Å². The zero-order valence-corrected chi connectivity index (χ0v) is 20.8. The van der Waals surface area contributed by atoms with Crippen molar-refractivity contribution in [2.45, 2.75) is 38.3 Å². The number of hydrogen-bond donors (Lipinski definition) is 0. The van der Waals surface area contributed by atoms with Gasteiger partial charge in [0, 0.05) is 15.5 Å². The van der Waals surface area contributed by atoms with Gasteiger partial charge in [0.15, 0.2) is 10.9 Å². The van der Waals surface area contributed by atoms with Crippen molar-refractivity contribution in [2.24, 2.45) is 5.92 Å². The van der Waals surface area contributed by atoms with E-state index in [0.29, 0.717) is 21.7 Å². The van der Waals surface area contributed by atoms with Crippen LogP contribution in [0.4, 0.5) is 0 Å². The van der Waals surface area contributed by atoms with Crippen molar-refractivity contribution in [3.05, 3.63) is 85.5 Å². The van der Waals surface area contributed by atoms with Crippen LogP contribution in [0.15, 0.2) is 58.5 Å². The summed E-state index contributed by atoms with van der Waals surface area (Å²) in [7, 11) is 0. The van der Waals surface area contributed by atoms with E-state index in [4.69, 9.17) is 16.6 Å². The summed E-state index contributed by atoms with van der Waals surface area (Å²) < 4.78 is 1.67. The number of benzene rings is 2. The summed E-state index contributed by atoms with van der Waals surface area (Å²) in [6.45, 7) is 4.28. The normalized spacial score (nSPS) is 15.5. The molecular formula is C26H23ClN2O2S2. The van der Waals surface area contributed by atoms with Gasteiger partial charge in [-0.2, -0.15) is 0 Å². The molecule has 0 saturated carbocycles. The third-order valence-corrected chi connectivity index (χ3v) is 8.43. The molecule has 0 fully saturated rings. The second-order valence-corrected chi connectivity index (χ2v) is 11.1. The van der Waals surface area contributed by atoms with E-state index >= 15 is 0 Å². The first-order valence-corrected chi connectivity index (χ1v) is 13.1. The molecule has 168 valence electrons. The highest BCUT2D eigenvalue weighted by Crippen LogP contribution is 2.37. The molecule has 4 nitrogen and oxygen atoms in total. The summed E-state index contributed by atoms with van der Waals surface area (Å²) in [5.41, 5.74) is 3.61. The average molecular weight is 495 g/mol. The zero-order chi connectivity index (χ0) is 23.1. The van der Waals surface area contributed by atoms with Gasteiger partial charge < -0.3 is 0 Å². The molecule has 0 amide bonds. The van der Waals surface area contributed by atoms with Crippen LogP contribution < -0.4 is 5.56 Å². The Bertz CT molecular complexity index is 1410. The van der Waals surface area contributed by atoms with Crippen LogP contribution in [0.3, 0.4) is 0 Å². The number of rotatable bonds is 5. The van der Waals surface area contributed by atoms with E-state index in [-0.39, 0.29) is 17.1 Å². The van der Waals surface area contributed by atoms with Gasteiger partial charge in [-0.25, -0.2) is 4.98 Å². The van der Waals surface area contributed by atoms with E-state index < -0.39 is 0 Å². The fourth-order valence-electron chi connectivity index (χ4n) is 4.24. The van der Waals surface area contributed by atoms with Crippen molar-refractivity contribution < 1.29 is 4.79 Å². The van der Waals surface area contributed by atoms with Crippen molar-refractivity contribution in [3.63, 3.8) is 0 Å². The van der Waals surface area contributed by atoms with Crippen molar-refractivity contribution in [1.29, 1.82) is 0 Å². The number of hydrogen-bond acceptors (Lipinski definition) is 5. The Morgan fingerprint density at radius 3 is 2.64 bits per heavy atom. The lowest BCUT2D eigenvalue weighted by Crippen LogP contribution is -2.23. The van der Waals surface area contributed by atoms with Gasteiger partial charge in [-0.3, -0.25) is 14.2 Å². The number of halogens is 1. The number of nitrogens with zero attached hydrogens (tertiary/aromatic N) is 2. The molecule has 4 aromatic rings. The van der Waals surface area contributed by atoms with E-state index in [0.717, 1.165) is 40.7 Å². The first-order chi connectivity index (χ1) is 15.9. The number of aryl methyl sites for hydroxylation is 2. The monoisotopic (exact) mass is 494 g/mol. The molecule has 1 unspecified atom stereocenters. The molecule has 1 aliphatic carbocycles. The van der Waals surface area contributed by atoms with E-state index in [1.165, 1.54) is 22.2 Å². The summed E-state index contributed by atoms with van der Waals surface area (Å²) in [6, 6.07) is 14.7. The number of carbonyl (C=O) groups excluding carboxylic acids is 1. The van der Waals surface area contributed by atoms with E-state index in [1.807, 2.05) is 31.2 Å². The molecule has 1 atom stereocenters. The quantitative estimate of drug-likeness (QED) is 0.180. The van der Waals surface area contributed by atoms with Crippen LogP contribution in [0, 0.1) is 12.8 Å². The van der Waals surface area contributed by atoms with Crippen molar-refractivity contribution >= 4 is 50.7 Å². The molecule has 7 heteroatoms. The second kappa shape index (κ2) is 9.09. The third kappa shape index (κ3) is 4.39. The lowest BCUT2D eigenvalue weighted by atomic mass is 9.89. The van der Waals surface area contributed by atoms with Gasteiger partial charge in [-0.1, -0.05) is 48.0 Å². The molecule has 0 N–H and O–H groups in total. The number of thioether (sulfide) groups is 1. The summed E-state index contributed by atoms with van der Waals surface area (Å²) >= 11 is 8.89. The number of ketones is 1. The predicted octanol–water partition coefficient (Wildman–Crippen LogP) is 6.51. The lowest BCUT2D eigenvalue weighted by molar-refractivity contribution is 0.102. The topological polar surface area (TPSA) is 52.0 Å². The summed E-state index contributed by atoms with van der Waals surface area (Å²) in [5, 5.41) is 1.89. The molecule has 0 spiro atoms. The second-order valence-electron chi connectivity index (χ2n) is 8.62. The smallest absolute Gasteiger partial charge is 0.267 e. The average Bonchev–Trinajstić information content (AvgIpc) is 3.16. The van der Waals surface area contributed by atoms with E-state index in [9.17, 15) is 9.59 Å². The Labute approximate surface area is 205 Å². The Balaban J connectivity index is 1.59. The summed E-state index contributed by atoms with van der Waals surface area (Å²) in [4.78, 5) is 33.6. The predicted molar refractivity (Wildman–Crippen MR) is 138 cm³/mol. The minimum absolute atomic E-state index is 0.0271. The number of aromatic nitrogens is 2. The number of Topliss-reactive ketones (excluding diaryl/α,β-unsaturated/α-hetero) is 1. The van der Waals surface area contributed by atoms with Crippen LogP contribution in [0.5, 0.6) is 0 Å². The van der Waals surface area contributed by atoms with Crippen LogP contribution in [-0.4, -0.2) is 21.1 Å². The molecule has 0 radical (unpaired) electrons. The van der Waals surface area contributed by atoms with Gasteiger partial charge in [0.05, 0.1) is 16.8 Å². The third-order valence-electron chi connectivity index (χ3n) is 6.09. The number of thiophene rings is 1. The van der Waals surface area contributed by atoms with E-state index in [1.54, 1.807) is 40.2 Å². The maximum absolute atomic E-state index is 13.8. The fourth-order valence-corrected chi connectivity index (χ4v) is 6.70. The van der Waals surface area contributed by atoms with Gasteiger partial charge in [0.2, 0.25) is 0 Å². The first kappa shape index (κ1) is 22.4. The highest BCUT2D eigenvalue weighted by atomic mass is 35.5. The molecular weight excluding hydrogens is 472 g/mol. The van der Waals surface area contributed by atoms with Crippen LogP contribution >= 0.6 is 34.7 Å². The standard InChI is InChI=1S/C26H23ClN2O2S2/c1-15-3-10-19(11-4-15)29-25(31)23-20-12-5-16(2)13-22(20)33-24(23)28-26(29)32-14-21(30)17-6-8-18(27)9-7-17/h3-4,6-11,16H,5,12-14H2,1-2H3. The Kier molecular flexibility index (Phi) is 6.16. The summed E-state index contributed by atoms with van der Waals surface area (Å²) in [6.07, 6.45) is 3.01. The maximum Gasteiger partial charge on any atom is 0.267 e. The number of fused-ring (bicyclic) bond motifs is 3. The summed E-state index contributed by atoms with van der Waals surface area (Å²) in [5.74, 6) is 0.782. The fraction of sp³-hybridized carbons (Fsp3) is 0.269. The molecule has 5 rings (SSSR count). The Morgan fingerprint density at radius 2 is 1.91 bits per heavy atom. The van der Waals surface area contributed by atoms with Crippen molar-refractivity contribution in [1.82, 2.24) is 9.55 Å². The highest BCUT2D eigenvalue weighted by molar-refractivity contribution is 7.99. The van der Waals surface area contributed by atoms with Crippen LogP contribution in [0.25, 0.3) is 15.9 Å². The van der Waals surface area contributed by atoms with Gasteiger partial charge in [0.1, 0.15) is 4.83 Å². The number of carbonyl (C=O) groups is 1. The lowest BCUT2D eigenvalue weighted by Gasteiger charge is -2.18. The van der Waals surface area contributed by atoms with Crippen molar-refractivity contribution in [3.8, 4) is 5.69 Å². The molecule has 2 heterocycles. The molecule has 0 saturated heterocycles. The Hall–Kier alpha value is -2.41. The van der Waals surface area contributed by atoms with Gasteiger partial charge in [-0.05, 0) is 74.1 Å². The highest BCUT2D eigenvalue weighted by Gasteiger charge is 2.25. The van der Waals surface area contributed by atoms with Crippen LogP contribution in [0.1, 0.15) is 39.7 Å². The SMILES string of the molecule is Cc1ccc(-n2c(SCC(=O)c3ccc(Cl)cc3)nc3sc4c(c3c2=O)CCC(C)C4)cc1. The molecule has 2 aromatic heterocycles. The minimum atomic E-state index is -0.0441. The minimum Gasteiger partial charge on any atom is -0.293 e. The first-order valence-electron chi connectivity index (χ1n) is 11.0. The molecule has 0 bridgehead atoms. The van der Waals surface area contributed by atoms with Crippen LogP contribution in [0.2, 0.25) is 5.02 Å². The Morgan fingerprint density at radius 1 is 1.18 bits per heavy atom. The largest absolute Gasteiger partial charge is 0.293 e. The maximum atomic E-state index is 13.8.